The number of nitrogens with zero attached hydrogens (tertiary/aromatic N) is 2. The molecular formula is C17H18ClF3N4O. The largest absolute Gasteiger partial charge is 0.417 e. The smallest absolute Gasteiger partial charge is 0.346 e. The highest BCUT2D eigenvalue weighted by Gasteiger charge is 2.33. The zero-order valence-corrected chi connectivity index (χ0v) is 15.4. The second-order valence-electron chi connectivity index (χ2n) is 6.74. The molecule has 0 aliphatic rings. The molecule has 0 radical (unpaired) electrons. The van der Waals surface area contributed by atoms with Crippen LogP contribution in [0.3, 0.4) is 0 Å². The molecule has 140 valence electrons. The molecule has 0 unspecified atom stereocenters. The lowest BCUT2D eigenvalue weighted by molar-refractivity contribution is -0.137. The van der Waals surface area contributed by atoms with E-state index in [4.69, 9.17) is 11.6 Å². The summed E-state index contributed by atoms with van der Waals surface area (Å²) in [7, 11) is 0. The van der Waals surface area contributed by atoms with Crippen LogP contribution in [0.2, 0.25) is 5.02 Å². The van der Waals surface area contributed by atoms with E-state index < -0.39 is 28.2 Å². The summed E-state index contributed by atoms with van der Waals surface area (Å²) in [6, 6.07) is 4.87. The number of anilines is 2. The van der Waals surface area contributed by atoms with Gasteiger partial charge in [0.2, 0.25) is 5.95 Å². The Morgan fingerprint density at radius 1 is 1.12 bits per heavy atom. The maximum absolute atomic E-state index is 13.0. The summed E-state index contributed by atoms with van der Waals surface area (Å²) < 4.78 is 38.9. The van der Waals surface area contributed by atoms with Crippen molar-refractivity contribution in [2.75, 3.05) is 5.32 Å². The van der Waals surface area contributed by atoms with Crippen LogP contribution in [0.1, 0.15) is 42.5 Å². The first-order valence-electron chi connectivity index (χ1n) is 7.67. The van der Waals surface area contributed by atoms with E-state index >= 15 is 0 Å². The lowest BCUT2D eigenvalue weighted by atomic mass is 10.1. The SMILES string of the molecule is Cc1cc(C(=O)NC(C)(C)C)nc(Nc2ccc(Cl)c(C(F)(F)F)c2)n1. The Morgan fingerprint density at radius 3 is 2.35 bits per heavy atom. The fourth-order valence-corrected chi connectivity index (χ4v) is 2.32. The van der Waals surface area contributed by atoms with E-state index in [2.05, 4.69) is 20.6 Å². The van der Waals surface area contributed by atoms with Crippen molar-refractivity contribution in [3.63, 3.8) is 0 Å². The van der Waals surface area contributed by atoms with Gasteiger partial charge in [-0.2, -0.15) is 13.2 Å². The summed E-state index contributed by atoms with van der Waals surface area (Å²) >= 11 is 5.61. The number of halogens is 4. The molecule has 0 fully saturated rings. The average molecular weight is 387 g/mol. The highest BCUT2D eigenvalue weighted by Crippen LogP contribution is 2.36. The number of hydrogen-bond donors (Lipinski definition) is 2. The van der Waals surface area contributed by atoms with Gasteiger partial charge in [-0.1, -0.05) is 11.6 Å². The molecule has 26 heavy (non-hydrogen) atoms. The molecule has 1 heterocycles. The van der Waals surface area contributed by atoms with Gasteiger partial charge in [-0.25, -0.2) is 9.97 Å². The van der Waals surface area contributed by atoms with Crippen LogP contribution in [0.25, 0.3) is 0 Å². The van der Waals surface area contributed by atoms with Crippen LogP contribution in [-0.2, 0) is 6.18 Å². The standard InChI is InChI=1S/C17H18ClF3N4O/c1-9-7-13(14(26)25-16(2,3)4)24-15(22-9)23-10-5-6-12(18)11(8-10)17(19,20)21/h5-8H,1-4H3,(H,25,26)(H,22,23,24). The number of aromatic nitrogens is 2. The number of benzene rings is 1. The second kappa shape index (κ2) is 7.11. The van der Waals surface area contributed by atoms with Gasteiger partial charge in [0.25, 0.3) is 5.91 Å². The number of carbonyl (C=O) groups excluding carboxylic acids is 1. The first-order valence-corrected chi connectivity index (χ1v) is 8.05. The Labute approximate surface area is 154 Å². The minimum Gasteiger partial charge on any atom is -0.346 e. The molecule has 1 amide bonds. The van der Waals surface area contributed by atoms with Crippen LogP contribution in [0.15, 0.2) is 24.3 Å². The Morgan fingerprint density at radius 2 is 1.77 bits per heavy atom. The normalized spacial score (nSPS) is 12.0. The van der Waals surface area contributed by atoms with Crippen molar-refractivity contribution >= 4 is 29.1 Å². The van der Waals surface area contributed by atoms with Crippen LogP contribution < -0.4 is 10.6 Å². The fraction of sp³-hybridized carbons (Fsp3) is 0.353. The topological polar surface area (TPSA) is 66.9 Å². The Hall–Kier alpha value is -2.35. The fourth-order valence-electron chi connectivity index (χ4n) is 2.09. The zero-order chi connectivity index (χ0) is 19.7. The van der Waals surface area contributed by atoms with Gasteiger partial charge in [0.1, 0.15) is 5.69 Å². The summed E-state index contributed by atoms with van der Waals surface area (Å²) in [6.45, 7) is 7.13. The molecule has 1 aromatic carbocycles. The monoisotopic (exact) mass is 386 g/mol. The van der Waals surface area contributed by atoms with Gasteiger partial charge in [-0.05, 0) is 52.0 Å². The molecular weight excluding hydrogens is 369 g/mol. The summed E-state index contributed by atoms with van der Waals surface area (Å²) in [6.07, 6.45) is -4.58. The molecule has 0 aliphatic carbocycles. The first-order chi connectivity index (χ1) is 11.8. The van der Waals surface area contributed by atoms with Crippen molar-refractivity contribution in [3.05, 3.63) is 46.2 Å². The predicted molar refractivity (Wildman–Crippen MR) is 93.7 cm³/mol. The molecule has 5 nitrogen and oxygen atoms in total. The summed E-state index contributed by atoms with van der Waals surface area (Å²) in [5, 5.41) is 5.04. The van der Waals surface area contributed by atoms with Crippen LogP contribution in [0, 0.1) is 6.92 Å². The van der Waals surface area contributed by atoms with E-state index in [1.54, 1.807) is 6.92 Å². The van der Waals surface area contributed by atoms with Crippen LogP contribution in [0.4, 0.5) is 24.8 Å². The van der Waals surface area contributed by atoms with Gasteiger partial charge in [-0.3, -0.25) is 4.79 Å². The number of aryl methyl sites for hydroxylation is 1. The van der Waals surface area contributed by atoms with E-state index in [9.17, 15) is 18.0 Å². The number of rotatable bonds is 3. The van der Waals surface area contributed by atoms with E-state index in [1.165, 1.54) is 12.1 Å². The number of nitrogens with one attached hydrogen (secondary N) is 2. The summed E-state index contributed by atoms with van der Waals surface area (Å²) in [4.78, 5) is 20.4. The Kier molecular flexibility index (Phi) is 5.46. The van der Waals surface area contributed by atoms with Crippen molar-refractivity contribution in [2.24, 2.45) is 0 Å². The highest BCUT2D eigenvalue weighted by molar-refractivity contribution is 6.31. The third-order valence-corrected chi connectivity index (χ3v) is 3.43. The van der Waals surface area contributed by atoms with Crippen molar-refractivity contribution in [1.29, 1.82) is 0 Å². The van der Waals surface area contributed by atoms with Gasteiger partial charge < -0.3 is 10.6 Å². The van der Waals surface area contributed by atoms with E-state index in [0.717, 1.165) is 12.1 Å². The molecule has 2 aromatic rings. The van der Waals surface area contributed by atoms with Gasteiger partial charge in [0, 0.05) is 16.9 Å². The Bertz CT molecular complexity index is 832. The first kappa shape index (κ1) is 20.0. The van der Waals surface area contributed by atoms with Crippen LogP contribution in [0.5, 0.6) is 0 Å². The third kappa shape index (κ3) is 5.32. The van der Waals surface area contributed by atoms with Crippen molar-refractivity contribution in [1.82, 2.24) is 15.3 Å². The average Bonchev–Trinajstić information content (AvgIpc) is 2.45. The quantitative estimate of drug-likeness (QED) is 0.800. The summed E-state index contributed by atoms with van der Waals surface area (Å²) in [5.74, 6) is -0.391. The van der Waals surface area contributed by atoms with E-state index in [0.29, 0.717) is 5.69 Å². The van der Waals surface area contributed by atoms with Gasteiger partial charge in [0.05, 0.1) is 10.6 Å². The highest BCUT2D eigenvalue weighted by atomic mass is 35.5. The van der Waals surface area contributed by atoms with Crippen molar-refractivity contribution in [3.8, 4) is 0 Å². The van der Waals surface area contributed by atoms with Gasteiger partial charge in [-0.15, -0.1) is 0 Å². The van der Waals surface area contributed by atoms with Crippen molar-refractivity contribution < 1.29 is 18.0 Å². The third-order valence-electron chi connectivity index (χ3n) is 3.10. The van der Waals surface area contributed by atoms with Crippen LogP contribution >= 0.6 is 11.6 Å². The van der Waals surface area contributed by atoms with Crippen LogP contribution in [-0.4, -0.2) is 21.4 Å². The molecule has 1 aromatic heterocycles. The molecule has 2 N–H and O–H groups in total. The molecule has 0 bridgehead atoms. The number of amides is 1. The number of hydrogen-bond acceptors (Lipinski definition) is 4. The molecule has 0 saturated carbocycles. The minimum absolute atomic E-state index is 0.0134. The van der Waals surface area contributed by atoms with Gasteiger partial charge >= 0.3 is 6.18 Å². The summed E-state index contributed by atoms with van der Waals surface area (Å²) in [5.41, 5.74) is -0.718. The van der Waals surface area contributed by atoms with E-state index in [1.807, 2.05) is 20.8 Å². The lowest BCUT2D eigenvalue weighted by Crippen LogP contribution is -2.41. The number of carbonyl (C=O) groups is 1. The van der Waals surface area contributed by atoms with Gasteiger partial charge in [0.15, 0.2) is 0 Å². The van der Waals surface area contributed by atoms with E-state index in [-0.39, 0.29) is 17.3 Å². The second-order valence-corrected chi connectivity index (χ2v) is 7.15. The lowest BCUT2D eigenvalue weighted by Gasteiger charge is -2.20. The molecule has 0 aliphatic heterocycles. The predicted octanol–water partition coefficient (Wildman–Crippen LogP) is 4.73. The molecule has 9 heteroatoms. The number of alkyl halides is 3. The molecule has 0 atom stereocenters. The zero-order valence-electron chi connectivity index (χ0n) is 14.6. The minimum atomic E-state index is -4.58. The molecule has 0 saturated heterocycles. The maximum Gasteiger partial charge on any atom is 0.417 e. The maximum atomic E-state index is 13.0. The molecule has 0 spiro atoms. The molecule has 2 rings (SSSR count). The Balaban J connectivity index is 2.32. The van der Waals surface area contributed by atoms with Crippen molar-refractivity contribution in [2.45, 2.75) is 39.4 Å².